The van der Waals surface area contributed by atoms with Crippen LogP contribution in [0.25, 0.3) is 11.1 Å². The van der Waals surface area contributed by atoms with Crippen molar-refractivity contribution >= 4 is 0 Å². The van der Waals surface area contributed by atoms with Gasteiger partial charge in [0.2, 0.25) is 0 Å². The third-order valence-electron chi connectivity index (χ3n) is 4.59. The van der Waals surface area contributed by atoms with E-state index in [9.17, 15) is 0 Å². The van der Waals surface area contributed by atoms with Crippen LogP contribution in [0.1, 0.15) is 46.0 Å². The molecule has 1 atom stereocenters. The van der Waals surface area contributed by atoms with Crippen LogP contribution in [0.2, 0.25) is 0 Å². The molecule has 0 bridgehead atoms. The van der Waals surface area contributed by atoms with Gasteiger partial charge in [-0.2, -0.15) is 0 Å². The zero-order chi connectivity index (χ0) is 18.6. The van der Waals surface area contributed by atoms with Gasteiger partial charge in [-0.15, -0.1) is 0 Å². The van der Waals surface area contributed by atoms with Gasteiger partial charge in [0.1, 0.15) is 11.5 Å². The topological polar surface area (TPSA) is 38.7 Å². The lowest BCUT2D eigenvalue weighted by molar-refractivity contribution is 0.256. The van der Waals surface area contributed by atoms with E-state index < -0.39 is 0 Å². The highest BCUT2D eigenvalue weighted by Gasteiger charge is 2.03. The number of hydrogen-bond donors (Lipinski definition) is 1. The molecule has 0 heterocycles. The molecular formula is C23H32O3. The summed E-state index contributed by atoms with van der Waals surface area (Å²) in [7, 11) is 0. The monoisotopic (exact) mass is 356 g/mol. The van der Waals surface area contributed by atoms with E-state index in [-0.39, 0.29) is 6.61 Å². The van der Waals surface area contributed by atoms with E-state index in [0.29, 0.717) is 5.92 Å². The van der Waals surface area contributed by atoms with Crippen LogP contribution >= 0.6 is 0 Å². The zero-order valence-electron chi connectivity index (χ0n) is 16.1. The molecule has 0 radical (unpaired) electrons. The Morgan fingerprint density at radius 2 is 1.31 bits per heavy atom. The van der Waals surface area contributed by atoms with Crippen LogP contribution in [0.15, 0.2) is 48.5 Å². The predicted octanol–water partition coefficient (Wildman–Crippen LogP) is 5.71. The molecule has 3 nitrogen and oxygen atoms in total. The van der Waals surface area contributed by atoms with Crippen molar-refractivity contribution in [1.29, 1.82) is 0 Å². The van der Waals surface area contributed by atoms with E-state index in [1.165, 1.54) is 11.1 Å². The first kappa shape index (κ1) is 20.3. The van der Waals surface area contributed by atoms with Crippen LogP contribution in [-0.4, -0.2) is 24.9 Å². The van der Waals surface area contributed by atoms with E-state index in [1.54, 1.807) is 0 Å². The molecular weight excluding hydrogens is 324 g/mol. The number of benzene rings is 2. The summed E-state index contributed by atoms with van der Waals surface area (Å²) in [6.07, 6.45) is 5.21. The standard InChI is InChI=1S/C23H32O3/c1-3-19(2)18-26-23-14-10-21(11-15-23)20-8-12-22(13-9-20)25-17-7-5-4-6-16-24/h8-15,19,24H,3-7,16-18H2,1-2H3/t19-/m0/s1. The Morgan fingerprint density at radius 1 is 0.769 bits per heavy atom. The molecule has 0 saturated carbocycles. The highest BCUT2D eigenvalue weighted by atomic mass is 16.5. The van der Waals surface area contributed by atoms with Crippen LogP contribution < -0.4 is 9.47 Å². The average molecular weight is 357 g/mol. The van der Waals surface area contributed by atoms with Gasteiger partial charge >= 0.3 is 0 Å². The molecule has 0 amide bonds. The van der Waals surface area contributed by atoms with Crippen molar-refractivity contribution in [1.82, 2.24) is 0 Å². The number of hydrogen-bond acceptors (Lipinski definition) is 3. The lowest BCUT2D eigenvalue weighted by Gasteiger charge is -2.11. The van der Waals surface area contributed by atoms with Crippen molar-refractivity contribution in [3.63, 3.8) is 0 Å². The van der Waals surface area contributed by atoms with Gasteiger partial charge in [-0.1, -0.05) is 51.0 Å². The van der Waals surface area contributed by atoms with Crippen LogP contribution in [0, 0.1) is 5.92 Å². The van der Waals surface area contributed by atoms with Crippen LogP contribution in [0.4, 0.5) is 0 Å². The minimum atomic E-state index is 0.285. The maximum Gasteiger partial charge on any atom is 0.119 e. The van der Waals surface area contributed by atoms with Gasteiger partial charge in [-0.3, -0.25) is 0 Å². The Kier molecular flexibility index (Phi) is 9.05. The number of unbranched alkanes of at least 4 members (excludes halogenated alkanes) is 3. The Bertz CT molecular complexity index is 604. The van der Waals surface area contributed by atoms with E-state index in [4.69, 9.17) is 14.6 Å². The highest BCUT2D eigenvalue weighted by molar-refractivity contribution is 5.64. The van der Waals surface area contributed by atoms with Gasteiger partial charge in [0.25, 0.3) is 0 Å². The normalized spacial score (nSPS) is 12.0. The second kappa shape index (κ2) is 11.6. The zero-order valence-corrected chi connectivity index (χ0v) is 16.1. The fourth-order valence-corrected chi connectivity index (χ4v) is 2.60. The number of aliphatic hydroxyl groups excluding tert-OH is 1. The molecule has 0 aliphatic carbocycles. The molecule has 2 aromatic carbocycles. The fraction of sp³-hybridized carbons (Fsp3) is 0.478. The molecule has 0 aromatic heterocycles. The van der Waals surface area contributed by atoms with Gasteiger partial charge in [0, 0.05) is 6.61 Å². The van der Waals surface area contributed by atoms with Crippen LogP contribution in [0.3, 0.4) is 0 Å². The number of aliphatic hydroxyl groups is 1. The number of ether oxygens (including phenoxy) is 2. The Hall–Kier alpha value is -2.00. The van der Waals surface area contributed by atoms with Crippen molar-refractivity contribution in [3.8, 4) is 22.6 Å². The minimum Gasteiger partial charge on any atom is -0.494 e. The summed E-state index contributed by atoms with van der Waals surface area (Å²) in [5, 5.41) is 8.76. The third-order valence-corrected chi connectivity index (χ3v) is 4.59. The molecule has 0 unspecified atom stereocenters. The summed E-state index contributed by atoms with van der Waals surface area (Å²) >= 11 is 0. The van der Waals surface area contributed by atoms with Gasteiger partial charge in [-0.05, 0) is 60.6 Å². The van der Waals surface area contributed by atoms with Gasteiger partial charge in [-0.25, -0.2) is 0 Å². The minimum absolute atomic E-state index is 0.285. The summed E-state index contributed by atoms with van der Waals surface area (Å²) in [6.45, 7) is 6.16. The molecule has 2 aromatic rings. The van der Waals surface area contributed by atoms with Gasteiger partial charge < -0.3 is 14.6 Å². The van der Waals surface area contributed by atoms with E-state index >= 15 is 0 Å². The molecule has 0 spiro atoms. The Morgan fingerprint density at radius 3 is 1.85 bits per heavy atom. The fourth-order valence-electron chi connectivity index (χ4n) is 2.60. The molecule has 142 valence electrons. The number of rotatable bonds is 12. The largest absolute Gasteiger partial charge is 0.494 e. The lowest BCUT2D eigenvalue weighted by Crippen LogP contribution is -2.06. The van der Waals surface area contributed by atoms with Gasteiger partial charge in [0.15, 0.2) is 0 Å². The Labute approximate surface area is 158 Å². The van der Waals surface area contributed by atoms with Crippen molar-refractivity contribution in [2.75, 3.05) is 19.8 Å². The second-order valence-corrected chi connectivity index (χ2v) is 6.86. The smallest absolute Gasteiger partial charge is 0.119 e. The first-order chi connectivity index (χ1) is 12.7. The van der Waals surface area contributed by atoms with Crippen molar-refractivity contribution in [2.24, 2.45) is 5.92 Å². The maximum absolute atomic E-state index is 8.76. The van der Waals surface area contributed by atoms with Crippen molar-refractivity contribution in [2.45, 2.75) is 46.0 Å². The molecule has 2 rings (SSSR count). The van der Waals surface area contributed by atoms with E-state index in [2.05, 4.69) is 38.1 Å². The van der Waals surface area contributed by atoms with Gasteiger partial charge in [0.05, 0.1) is 13.2 Å². The van der Waals surface area contributed by atoms with Crippen molar-refractivity contribution in [3.05, 3.63) is 48.5 Å². The second-order valence-electron chi connectivity index (χ2n) is 6.86. The molecule has 0 fully saturated rings. The molecule has 0 aliphatic heterocycles. The highest BCUT2D eigenvalue weighted by Crippen LogP contribution is 2.25. The SMILES string of the molecule is CC[C@H](C)COc1ccc(-c2ccc(OCCCCCCO)cc2)cc1. The van der Waals surface area contributed by atoms with E-state index in [0.717, 1.165) is 56.8 Å². The predicted molar refractivity (Wildman–Crippen MR) is 108 cm³/mol. The summed E-state index contributed by atoms with van der Waals surface area (Å²) < 4.78 is 11.6. The molecule has 26 heavy (non-hydrogen) atoms. The summed E-state index contributed by atoms with van der Waals surface area (Å²) in [4.78, 5) is 0. The first-order valence-electron chi connectivity index (χ1n) is 9.80. The molecule has 3 heteroatoms. The maximum atomic E-state index is 8.76. The molecule has 0 aliphatic rings. The lowest BCUT2D eigenvalue weighted by atomic mass is 10.1. The molecule has 0 saturated heterocycles. The van der Waals surface area contributed by atoms with E-state index in [1.807, 2.05) is 24.3 Å². The van der Waals surface area contributed by atoms with Crippen LogP contribution in [-0.2, 0) is 0 Å². The average Bonchev–Trinajstić information content (AvgIpc) is 2.69. The first-order valence-corrected chi connectivity index (χ1v) is 9.80. The summed E-state index contributed by atoms with van der Waals surface area (Å²) in [5.74, 6) is 2.41. The van der Waals surface area contributed by atoms with Crippen molar-refractivity contribution < 1.29 is 14.6 Å². The Balaban J connectivity index is 1.80. The van der Waals surface area contributed by atoms with Crippen LogP contribution in [0.5, 0.6) is 11.5 Å². The quantitative estimate of drug-likeness (QED) is 0.495. The summed E-state index contributed by atoms with van der Waals surface area (Å²) in [6, 6.07) is 16.5. The third kappa shape index (κ3) is 7.09. The summed E-state index contributed by atoms with van der Waals surface area (Å²) in [5.41, 5.74) is 2.35. The molecule has 1 N–H and O–H groups in total.